The van der Waals surface area contributed by atoms with Crippen LogP contribution in [0.1, 0.15) is 211 Å². The number of hydrogen-bond acceptors (Lipinski definition) is 17. The lowest BCUT2D eigenvalue weighted by molar-refractivity contribution is -0.157. The molecule has 2 aliphatic heterocycles. The van der Waals surface area contributed by atoms with E-state index in [9.17, 15) is 62.6 Å². The fourth-order valence-electron chi connectivity index (χ4n) is 12.1. The number of nitrogens with two attached hydrogens (primary N) is 1. The van der Waals surface area contributed by atoms with Crippen LogP contribution in [-0.4, -0.2) is 191 Å². The van der Waals surface area contributed by atoms with Crippen molar-refractivity contribution in [2.24, 2.45) is 53.1 Å². The Hall–Kier alpha value is -8.54. The number of allylic oxidation sites excluding steroid dienone is 1. The van der Waals surface area contributed by atoms with Gasteiger partial charge in [0.25, 0.3) is 5.91 Å². The predicted octanol–water partition coefficient (Wildman–Crippen LogP) is 4.54. The second-order valence-corrected chi connectivity index (χ2v) is 30.2. The highest BCUT2D eigenvalue weighted by atomic mass is 16.5. The van der Waals surface area contributed by atoms with E-state index in [4.69, 9.17) is 10.5 Å². The number of carbonyl (C=O) groups excluding carboxylic acids is 14. The first-order valence-electron chi connectivity index (χ1n) is 37.5. The number of hydrogen-bond donors (Lipinski definition) is 14. The molecule has 0 bridgehead atoms. The van der Waals surface area contributed by atoms with Crippen molar-refractivity contribution in [1.82, 2.24) is 68.7 Å². The van der Waals surface area contributed by atoms with Gasteiger partial charge in [0, 0.05) is 35.1 Å². The topological polar surface area (TPSA) is 442 Å². The molecule has 0 spiro atoms. The summed E-state index contributed by atoms with van der Waals surface area (Å²) >= 11 is 0. The summed E-state index contributed by atoms with van der Waals surface area (Å²) < 4.78 is 5.96. The van der Waals surface area contributed by atoms with E-state index in [2.05, 4.69) is 63.8 Å². The van der Waals surface area contributed by atoms with E-state index in [0.717, 1.165) is 6.42 Å². The zero-order chi connectivity index (χ0) is 79.4. The fraction of sp³-hybridized carbons (Fsp3) is 0.707. The number of nitrogens with one attached hydrogen (secondary N) is 12. The van der Waals surface area contributed by atoms with Gasteiger partial charge in [-0.2, -0.15) is 0 Å². The van der Waals surface area contributed by atoms with Crippen molar-refractivity contribution in [3.05, 3.63) is 47.7 Å². The quantitative estimate of drug-likeness (QED) is 0.0339. The van der Waals surface area contributed by atoms with Gasteiger partial charge < -0.3 is 84.3 Å². The molecule has 0 saturated carbocycles. The average molecular weight is 1500 g/mol. The minimum absolute atomic E-state index is 0. The normalized spacial score (nSPS) is 22.6. The van der Waals surface area contributed by atoms with Crippen LogP contribution in [0.2, 0.25) is 0 Å². The van der Waals surface area contributed by atoms with Crippen LogP contribution in [0.25, 0.3) is 0 Å². The number of benzene rings is 1. The number of rotatable bonds is 33. The molecule has 105 heavy (non-hydrogen) atoms. The lowest BCUT2D eigenvalue weighted by Gasteiger charge is -2.33. The number of nitrogens with zero attached hydrogens (tertiary/aromatic N) is 1. The number of likely N-dealkylation sites (tertiary alicyclic amines) is 1. The van der Waals surface area contributed by atoms with E-state index in [-0.39, 0.29) is 78.9 Å². The zero-order valence-electron chi connectivity index (χ0n) is 65.2. The van der Waals surface area contributed by atoms with Crippen LogP contribution in [0.4, 0.5) is 0 Å². The molecule has 30 nitrogen and oxygen atoms in total. The van der Waals surface area contributed by atoms with Gasteiger partial charge in [-0.1, -0.05) is 166 Å². The Kier molecular flexibility index (Phi) is 37.8. The van der Waals surface area contributed by atoms with Crippen LogP contribution in [0.5, 0.6) is 0 Å². The Morgan fingerprint density at radius 1 is 0.619 bits per heavy atom. The summed E-state index contributed by atoms with van der Waals surface area (Å²) in [5.41, 5.74) is 6.34. The van der Waals surface area contributed by atoms with Crippen molar-refractivity contribution in [3.63, 3.8) is 0 Å². The van der Waals surface area contributed by atoms with Crippen LogP contribution in [0.15, 0.2) is 42.1 Å². The SMILES string of the molecule is C/C=C1\NC(=O)[C@H](Cc2ccccc2)NC(=O)[C@@H](C(C)C)NC(=O)[C@@H](C(C)CC)NC(=O)[C@H](NC(=O)[C@H](NC(=O)[C@H](CCCN)NC(=O)[C@H]2CCCN2C(=O)[C@@H](NC(=O)[C@H](NC(=O)[C@@H](NC(=O)[C@H](NC(=O)CCCC(C)C)C(C)C)C(C)O)C(C)C)C(C)C)C(C)CC)C(C)OC(=O)[C@H](C(C)C)NC1=O.[HH].[HH].[HH].[HH].[HH].[HH].[HH].[HH].[HH].[HH].[HH]. The van der Waals surface area contributed by atoms with Gasteiger partial charge in [-0.25, -0.2) is 4.79 Å². The van der Waals surface area contributed by atoms with E-state index in [0.29, 0.717) is 30.7 Å². The average Bonchev–Trinajstić information content (AvgIpc) is 1.53. The van der Waals surface area contributed by atoms with Gasteiger partial charge in [0.1, 0.15) is 84.3 Å². The third-order valence-corrected chi connectivity index (χ3v) is 19.3. The second-order valence-electron chi connectivity index (χ2n) is 30.2. The smallest absolute Gasteiger partial charge is 0.329 e. The number of amides is 13. The molecule has 612 valence electrons. The Morgan fingerprint density at radius 3 is 1.70 bits per heavy atom. The minimum Gasteiger partial charge on any atom is -0.458 e. The van der Waals surface area contributed by atoms with Crippen molar-refractivity contribution >= 4 is 82.8 Å². The first kappa shape index (κ1) is 90.7. The van der Waals surface area contributed by atoms with Crippen LogP contribution in [-0.2, 0) is 78.3 Å². The summed E-state index contributed by atoms with van der Waals surface area (Å²) in [4.78, 5) is 202. The molecule has 15 N–H and O–H groups in total. The van der Waals surface area contributed by atoms with Gasteiger partial charge >= 0.3 is 5.97 Å². The summed E-state index contributed by atoms with van der Waals surface area (Å²) in [5.74, 6) is -15.1. The van der Waals surface area contributed by atoms with Crippen molar-refractivity contribution in [2.75, 3.05) is 13.1 Å². The van der Waals surface area contributed by atoms with Crippen molar-refractivity contribution in [3.8, 4) is 0 Å². The number of ether oxygens (including phenoxy) is 1. The van der Waals surface area contributed by atoms with E-state index < -0.39 is 203 Å². The maximum Gasteiger partial charge on any atom is 0.329 e. The molecule has 0 radical (unpaired) electrons. The Labute approximate surface area is 636 Å². The molecular formula is C75H146N14O16. The maximum absolute atomic E-state index is 15.0. The minimum atomic E-state index is -1.83. The lowest BCUT2D eigenvalue weighted by atomic mass is 9.95. The van der Waals surface area contributed by atoms with Gasteiger partial charge in [0.15, 0.2) is 0 Å². The number of cyclic esters (lactones) is 1. The van der Waals surface area contributed by atoms with Crippen LogP contribution < -0.4 is 69.5 Å². The molecule has 2 heterocycles. The summed E-state index contributed by atoms with van der Waals surface area (Å²) in [7, 11) is 0. The van der Waals surface area contributed by atoms with Crippen molar-refractivity contribution < 1.29 is 92.7 Å². The van der Waals surface area contributed by atoms with Crippen molar-refractivity contribution in [1.29, 1.82) is 0 Å². The zero-order valence-corrected chi connectivity index (χ0v) is 65.2. The molecule has 16 atom stereocenters. The van der Waals surface area contributed by atoms with Gasteiger partial charge in [0.2, 0.25) is 70.9 Å². The molecule has 0 aliphatic carbocycles. The highest BCUT2D eigenvalue weighted by molar-refractivity contribution is 6.03. The third-order valence-electron chi connectivity index (χ3n) is 19.3. The number of carbonyl (C=O) groups is 14. The highest BCUT2D eigenvalue weighted by Crippen LogP contribution is 2.23. The molecule has 4 unspecified atom stereocenters. The van der Waals surface area contributed by atoms with Crippen LogP contribution in [0, 0.1) is 47.3 Å². The van der Waals surface area contributed by atoms with E-state index in [1.807, 2.05) is 13.8 Å². The highest BCUT2D eigenvalue weighted by Gasteiger charge is 2.44. The van der Waals surface area contributed by atoms with Gasteiger partial charge in [-0.15, -0.1) is 0 Å². The van der Waals surface area contributed by atoms with Gasteiger partial charge in [0.05, 0.1) is 6.10 Å². The molecule has 1 aromatic carbocycles. The summed E-state index contributed by atoms with van der Waals surface area (Å²) in [6.45, 7) is 31.8. The van der Waals surface area contributed by atoms with Crippen LogP contribution >= 0.6 is 0 Å². The lowest BCUT2D eigenvalue weighted by Crippen LogP contribution is -2.64. The van der Waals surface area contributed by atoms with Gasteiger partial charge in [-0.05, 0) is 112 Å². The molecule has 13 amide bonds. The Morgan fingerprint density at radius 2 is 1.16 bits per heavy atom. The standard InChI is InChI=1S/C75H124N14O16.11H2/c1-20-44(16)59(71(100)88-62-47(19)105-75(104)58(43(14)15)84-63(92)49(22-3)77-65(94)51(37-48-30-24-23-25-31-48)79-67(96)55(40(8)9)81-70(99)60(45(17)21-2)86-73(62)102)85-64(93)50(32-27-35-76)78-66(95)52-33-28-36-89(52)74(103)57(42(12)13)83-69(98)56(41(10)11)82-72(101)61(46(18)90)87-68(97)54(39(6)7)80-53(91)34-26-29-38(4)5;;;;;;;;;;;/h22-25,30-31,38-47,50-52,54-62,90H,20-21,26-29,32-37,76H2,1-19H3,(H,77,94)(H,78,95)(H,79,96)(H,80,91)(H,81,99)(H,82,101)(H,83,98)(H,84,92)(H,85,93)(H,86,102)(H,87,97)(H,88,100);11*1H/b49-22-;;;;;;;;;;;/t44?,45?,46?,47?,50-,51-,52+,54+,55+,56+,57-,58-,59+,60+,61-,62+;;;;;;;;;;;/m0.........../s1. The maximum atomic E-state index is 15.0. The number of aliphatic hydroxyl groups is 1. The summed E-state index contributed by atoms with van der Waals surface area (Å²) in [5, 5.41) is 43.2. The number of esters is 1. The Balaban J connectivity index is -0.00000149. The number of aliphatic hydroxyl groups excluding tert-OH is 1. The predicted molar refractivity (Wildman–Crippen MR) is 419 cm³/mol. The molecule has 1 aromatic rings. The molecular weight excluding hydrogens is 1350 g/mol. The van der Waals surface area contributed by atoms with E-state index in [1.165, 1.54) is 31.7 Å². The first-order valence-corrected chi connectivity index (χ1v) is 37.5. The van der Waals surface area contributed by atoms with Gasteiger partial charge in [-0.3, -0.25) is 62.3 Å². The van der Waals surface area contributed by atoms with Crippen LogP contribution in [0.3, 0.4) is 0 Å². The molecule has 30 heteroatoms. The third kappa shape index (κ3) is 27.7. The molecule has 2 aliphatic rings. The molecule has 3 rings (SSSR count). The summed E-state index contributed by atoms with van der Waals surface area (Å²) in [6, 6.07) is -7.67. The molecule has 2 fully saturated rings. The monoisotopic (exact) mass is 1500 g/mol. The molecule has 0 aromatic heterocycles. The van der Waals surface area contributed by atoms with E-state index >= 15 is 9.59 Å². The first-order chi connectivity index (χ1) is 49.2. The Bertz CT molecular complexity index is 3210. The second kappa shape index (κ2) is 43.8. The molecule has 2 saturated heterocycles. The van der Waals surface area contributed by atoms with E-state index in [1.54, 1.807) is 127 Å². The van der Waals surface area contributed by atoms with Crippen molar-refractivity contribution in [2.45, 2.75) is 280 Å². The largest absolute Gasteiger partial charge is 0.458 e. The fourth-order valence-corrected chi connectivity index (χ4v) is 12.1. The summed E-state index contributed by atoms with van der Waals surface area (Å²) in [6.07, 6.45) is 1.02.